The largest absolute Gasteiger partial charge is 0.447 e. The molecule has 1 aromatic rings. The normalized spacial score (nSPS) is 27.4. The van der Waals surface area contributed by atoms with Crippen molar-refractivity contribution in [1.82, 2.24) is 14.7 Å². The Labute approximate surface area is 237 Å². The first-order valence-corrected chi connectivity index (χ1v) is 15.1. The SMILES string of the molecule is CC1(C)COC(=O)N1CC1(C2CCCCC2)CCN(C(=O)[C@@H]2CCN(C(=N)N)C[C@H]2c2ccc(Cl)cc2)CC1. The molecule has 39 heavy (non-hydrogen) atoms. The molecular weight excluding hydrogens is 514 g/mol. The van der Waals surface area contributed by atoms with Crippen LogP contribution in [0.25, 0.3) is 0 Å². The van der Waals surface area contributed by atoms with E-state index < -0.39 is 0 Å². The second kappa shape index (κ2) is 11.2. The van der Waals surface area contributed by atoms with Gasteiger partial charge in [0.25, 0.3) is 0 Å². The van der Waals surface area contributed by atoms with E-state index in [1.807, 2.05) is 34.1 Å². The second-order valence-corrected chi connectivity index (χ2v) is 13.3. The Morgan fingerprint density at radius 3 is 2.31 bits per heavy atom. The van der Waals surface area contributed by atoms with Gasteiger partial charge in [-0.1, -0.05) is 43.0 Å². The van der Waals surface area contributed by atoms with E-state index in [0.717, 1.165) is 38.0 Å². The molecule has 3 N–H and O–H groups in total. The summed E-state index contributed by atoms with van der Waals surface area (Å²) in [4.78, 5) is 32.7. The highest BCUT2D eigenvalue weighted by Gasteiger charge is 2.50. The van der Waals surface area contributed by atoms with E-state index in [-0.39, 0.29) is 40.7 Å². The number of nitrogens with one attached hydrogen (secondary N) is 1. The van der Waals surface area contributed by atoms with Gasteiger partial charge in [-0.15, -0.1) is 0 Å². The summed E-state index contributed by atoms with van der Waals surface area (Å²) in [6, 6.07) is 7.74. The fourth-order valence-electron chi connectivity index (χ4n) is 7.57. The predicted octanol–water partition coefficient (Wildman–Crippen LogP) is 5.06. The highest BCUT2D eigenvalue weighted by atomic mass is 35.5. The first kappa shape index (κ1) is 28.1. The topological polar surface area (TPSA) is 103 Å². The molecule has 0 radical (unpaired) electrons. The molecule has 4 aliphatic rings. The molecule has 3 aliphatic heterocycles. The first-order valence-electron chi connectivity index (χ1n) is 14.7. The van der Waals surface area contributed by atoms with Crippen LogP contribution in [-0.2, 0) is 9.53 Å². The van der Waals surface area contributed by atoms with Crippen molar-refractivity contribution < 1.29 is 14.3 Å². The molecule has 1 saturated carbocycles. The molecule has 4 fully saturated rings. The van der Waals surface area contributed by atoms with Crippen LogP contribution >= 0.6 is 11.6 Å². The van der Waals surface area contributed by atoms with Crippen molar-refractivity contribution in [3.05, 3.63) is 34.9 Å². The van der Waals surface area contributed by atoms with E-state index in [2.05, 4.69) is 18.7 Å². The van der Waals surface area contributed by atoms with Gasteiger partial charge in [0, 0.05) is 49.6 Å². The van der Waals surface area contributed by atoms with E-state index in [1.54, 1.807) is 0 Å². The molecule has 3 saturated heterocycles. The number of ether oxygens (including phenoxy) is 1. The molecule has 5 rings (SSSR count). The molecule has 214 valence electrons. The average Bonchev–Trinajstić information content (AvgIpc) is 3.20. The highest BCUT2D eigenvalue weighted by molar-refractivity contribution is 6.30. The zero-order chi connectivity index (χ0) is 27.8. The maximum atomic E-state index is 14.1. The molecule has 0 bridgehead atoms. The highest BCUT2D eigenvalue weighted by Crippen LogP contribution is 2.48. The van der Waals surface area contributed by atoms with Crippen LogP contribution in [0.1, 0.15) is 76.7 Å². The summed E-state index contributed by atoms with van der Waals surface area (Å²) < 4.78 is 5.47. The summed E-state index contributed by atoms with van der Waals surface area (Å²) in [6.07, 6.45) is 8.52. The van der Waals surface area contributed by atoms with E-state index in [0.29, 0.717) is 37.1 Å². The second-order valence-electron chi connectivity index (χ2n) is 12.9. The molecule has 0 unspecified atom stereocenters. The van der Waals surface area contributed by atoms with Crippen molar-refractivity contribution in [2.24, 2.45) is 23.0 Å². The third-order valence-corrected chi connectivity index (χ3v) is 10.3. The molecular formula is C30H44ClN5O3. The fraction of sp³-hybridized carbons (Fsp3) is 0.700. The minimum Gasteiger partial charge on any atom is -0.447 e. The predicted molar refractivity (Wildman–Crippen MR) is 153 cm³/mol. The lowest BCUT2D eigenvalue weighted by Crippen LogP contribution is -2.56. The van der Waals surface area contributed by atoms with Crippen LogP contribution in [-0.4, -0.2) is 77.5 Å². The van der Waals surface area contributed by atoms with Gasteiger partial charge in [0.05, 0.1) is 5.54 Å². The van der Waals surface area contributed by atoms with Gasteiger partial charge in [-0.05, 0) is 75.0 Å². The van der Waals surface area contributed by atoms with E-state index in [4.69, 9.17) is 27.5 Å². The molecule has 2 atom stereocenters. The molecule has 0 aromatic heterocycles. The molecule has 0 spiro atoms. The number of cyclic esters (lactones) is 1. The Morgan fingerprint density at radius 2 is 1.72 bits per heavy atom. The van der Waals surface area contributed by atoms with Gasteiger partial charge in [0.1, 0.15) is 6.61 Å². The summed E-state index contributed by atoms with van der Waals surface area (Å²) in [5.41, 5.74) is 6.63. The molecule has 1 aliphatic carbocycles. The zero-order valence-electron chi connectivity index (χ0n) is 23.5. The minimum atomic E-state index is -0.303. The fourth-order valence-corrected chi connectivity index (χ4v) is 7.69. The van der Waals surface area contributed by atoms with Gasteiger partial charge in [0.15, 0.2) is 5.96 Å². The summed E-state index contributed by atoms with van der Waals surface area (Å²) in [7, 11) is 0. The van der Waals surface area contributed by atoms with Crippen molar-refractivity contribution in [2.75, 3.05) is 39.3 Å². The standard InChI is InChI=1S/C30H44ClN5O3/c1-29(2)20-39-28(38)36(29)19-30(22-6-4-3-5-7-22)13-16-34(17-14-30)26(37)24-12-15-35(27(32)33)18-25(24)21-8-10-23(31)11-9-21/h8-11,22,24-25H,3-7,12-20H2,1-2H3,(H3,32,33)/t24-,25+/m1/s1. The van der Waals surface area contributed by atoms with E-state index in [1.165, 1.54) is 32.1 Å². The molecule has 2 amide bonds. The number of benzene rings is 1. The van der Waals surface area contributed by atoms with Crippen molar-refractivity contribution in [1.29, 1.82) is 5.41 Å². The van der Waals surface area contributed by atoms with Crippen molar-refractivity contribution >= 4 is 29.6 Å². The molecule has 9 heteroatoms. The third-order valence-electron chi connectivity index (χ3n) is 10.1. The van der Waals surface area contributed by atoms with Crippen LogP contribution in [0.3, 0.4) is 0 Å². The van der Waals surface area contributed by atoms with Crippen LogP contribution < -0.4 is 5.73 Å². The molecule has 1 aromatic carbocycles. The van der Waals surface area contributed by atoms with Gasteiger partial charge in [-0.3, -0.25) is 15.1 Å². The first-order chi connectivity index (χ1) is 18.6. The number of guanidine groups is 1. The summed E-state index contributed by atoms with van der Waals surface area (Å²) >= 11 is 6.16. The quantitative estimate of drug-likeness (QED) is 0.389. The van der Waals surface area contributed by atoms with Crippen LogP contribution in [0.2, 0.25) is 5.02 Å². The number of nitrogens with two attached hydrogens (primary N) is 1. The summed E-state index contributed by atoms with van der Waals surface area (Å²) in [5, 5.41) is 8.64. The van der Waals surface area contributed by atoms with Crippen LogP contribution in [0.15, 0.2) is 24.3 Å². The Hall–Kier alpha value is -2.48. The number of carbonyl (C=O) groups is 2. The number of rotatable bonds is 5. The number of amides is 2. The van der Waals surface area contributed by atoms with Gasteiger partial charge < -0.3 is 20.3 Å². The van der Waals surface area contributed by atoms with Crippen LogP contribution in [0, 0.1) is 22.7 Å². The van der Waals surface area contributed by atoms with Gasteiger partial charge in [-0.2, -0.15) is 0 Å². The van der Waals surface area contributed by atoms with E-state index >= 15 is 0 Å². The number of hydrogen-bond donors (Lipinski definition) is 2. The number of piperidine rings is 2. The van der Waals surface area contributed by atoms with Gasteiger partial charge >= 0.3 is 6.09 Å². The van der Waals surface area contributed by atoms with E-state index in [9.17, 15) is 9.59 Å². The van der Waals surface area contributed by atoms with Gasteiger partial charge in [-0.25, -0.2) is 4.79 Å². The van der Waals surface area contributed by atoms with Crippen molar-refractivity contribution in [3.8, 4) is 0 Å². The maximum Gasteiger partial charge on any atom is 0.410 e. The third kappa shape index (κ3) is 5.72. The number of carbonyl (C=O) groups excluding carboxylic acids is 2. The number of nitrogens with zero attached hydrogens (tertiary/aromatic N) is 3. The molecule has 8 nitrogen and oxygen atoms in total. The minimum absolute atomic E-state index is 0.0193. The lowest BCUT2D eigenvalue weighted by molar-refractivity contribution is -0.141. The smallest absolute Gasteiger partial charge is 0.410 e. The lowest BCUT2D eigenvalue weighted by Gasteiger charge is -2.51. The average molecular weight is 558 g/mol. The summed E-state index contributed by atoms with van der Waals surface area (Å²) in [5.74, 6) is 0.636. The Morgan fingerprint density at radius 1 is 1.05 bits per heavy atom. The zero-order valence-corrected chi connectivity index (χ0v) is 24.2. The monoisotopic (exact) mass is 557 g/mol. The van der Waals surface area contributed by atoms with Crippen LogP contribution in [0.5, 0.6) is 0 Å². The Balaban J connectivity index is 1.33. The number of halogens is 1. The van der Waals surface area contributed by atoms with Crippen LogP contribution in [0.4, 0.5) is 4.79 Å². The lowest BCUT2D eigenvalue weighted by atomic mass is 9.63. The molecule has 3 heterocycles. The Bertz CT molecular complexity index is 1060. The Kier molecular flexibility index (Phi) is 8.05. The number of likely N-dealkylation sites (tertiary alicyclic amines) is 2. The van der Waals surface area contributed by atoms with Gasteiger partial charge in [0.2, 0.25) is 5.91 Å². The van der Waals surface area contributed by atoms with Crippen molar-refractivity contribution in [3.63, 3.8) is 0 Å². The van der Waals surface area contributed by atoms with Crippen molar-refractivity contribution in [2.45, 2.75) is 76.7 Å². The number of hydrogen-bond acceptors (Lipinski definition) is 4. The maximum absolute atomic E-state index is 14.1. The summed E-state index contributed by atoms with van der Waals surface area (Å²) in [6.45, 7) is 7.95.